The van der Waals surface area contributed by atoms with Gasteiger partial charge in [0.1, 0.15) is 30.5 Å². The Kier molecular flexibility index (Phi) is 12.4. The first-order valence-corrected chi connectivity index (χ1v) is 18.8. The summed E-state index contributed by atoms with van der Waals surface area (Å²) >= 11 is 0. The molecule has 5 aliphatic rings. The normalized spacial score (nSPS) is 39.8. The molecule has 0 N–H and O–H groups in total. The van der Waals surface area contributed by atoms with Crippen LogP contribution >= 0.6 is 0 Å². The zero-order valence-electron chi connectivity index (χ0n) is 30.9. The summed E-state index contributed by atoms with van der Waals surface area (Å²) in [5.74, 6) is -1.02. The summed E-state index contributed by atoms with van der Waals surface area (Å²) in [5.41, 5.74) is 0.661. The van der Waals surface area contributed by atoms with E-state index in [1.165, 1.54) is 0 Å². The van der Waals surface area contributed by atoms with E-state index >= 15 is 0 Å². The lowest BCUT2D eigenvalue weighted by atomic mass is 9.70. The Labute approximate surface area is 302 Å². The first-order chi connectivity index (χ1) is 24.6. The molecule has 0 aromatic carbocycles. The highest BCUT2D eigenvalue weighted by molar-refractivity contribution is 5.99. The Hall–Kier alpha value is -2.96. The van der Waals surface area contributed by atoms with Gasteiger partial charge in [-0.2, -0.15) is 4.57 Å². The molecule has 1 aromatic rings. The van der Waals surface area contributed by atoms with Crippen molar-refractivity contribution in [1.29, 1.82) is 0 Å². The second-order valence-electron chi connectivity index (χ2n) is 15.0. The number of methoxy groups -OCH3 is 3. The Morgan fingerprint density at radius 3 is 2.37 bits per heavy atom. The summed E-state index contributed by atoms with van der Waals surface area (Å²) in [6.07, 6.45) is 11.7. The molecule has 11 nitrogen and oxygen atoms in total. The number of aromatic nitrogens is 1. The van der Waals surface area contributed by atoms with Crippen LogP contribution in [0.1, 0.15) is 65.7 Å². The van der Waals surface area contributed by atoms with Crippen LogP contribution in [0.5, 0.6) is 0 Å². The first kappa shape index (κ1) is 37.8. The topological polar surface area (TPSA) is 120 Å². The number of rotatable bonds is 9. The van der Waals surface area contributed by atoms with Crippen LogP contribution in [0.25, 0.3) is 0 Å². The molecule has 3 fully saturated rings. The molecule has 280 valence electrons. The molecule has 0 spiro atoms. The van der Waals surface area contributed by atoms with Crippen LogP contribution in [0.2, 0.25) is 0 Å². The molecule has 51 heavy (non-hydrogen) atoms. The van der Waals surface area contributed by atoms with Gasteiger partial charge in [0.2, 0.25) is 6.54 Å². The summed E-state index contributed by atoms with van der Waals surface area (Å²) in [6.45, 7) is 5.90. The lowest BCUT2D eigenvalue weighted by Gasteiger charge is -2.44. The SMILES string of the molecule is CC[C@H]1CCC[C@H](OC(=O)C[n+]2ccccc2)[C@@H](C)C(=O)C2=C[C@@H]3[C@@H](C=C[C@@H]4C[C@@H](O[C@@H]5O[C@@H](C)[C@H](OC)[C@@H](OC)[C@H]5OC)C[C@@H]34)[C@@H]2CC(=O)O1. The number of hydrogen-bond donors (Lipinski definition) is 0. The number of ketones is 1. The zero-order chi connectivity index (χ0) is 36.2. The fraction of sp³-hybridized carbons (Fsp3) is 0.700. The van der Waals surface area contributed by atoms with Gasteiger partial charge in [-0.05, 0) is 74.7 Å². The van der Waals surface area contributed by atoms with Gasteiger partial charge in [0.05, 0.1) is 24.5 Å². The molecule has 0 radical (unpaired) electrons. The molecule has 1 saturated carbocycles. The molecule has 0 bridgehead atoms. The number of cyclic esters (lactones) is 1. The number of hydrogen-bond acceptors (Lipinski definition) is 10. The van der Waals surface area contributed by atoms with E-state index in [4.69, 9.17) is 33.2 Å². The standard InChI is InChI=1S/C40H56NO10/c1-7-26-12-11-13-33(51-35(43)22-41-16-9-8-10-17-41)23(2)36(44)32-20-30-28(31(32)21-34(42)49-26)15-14-25-18-27(19-29(25)30)50-40-39(47-6)38(46-5)37(45-4)24(3)48-40/h8-10,14-17,20,23-31,33,37-40H,7,11-13,18-19,21-22H2,1-6H3/q+1/t23-,24+,25-,26+,27-,28-,29-,30-,31+,33+,37+,38-,39-,40+/m1/s1. The predicted octanol–water partition coefficient (Wildman–Crippen LogP) is 4.55. The van der Waals surface area contributed by atoms with E-state index in [1.54, 1.807) is 25.9 Å². The Balaban J connectivity index is 1.21. The van der Waals surface area contributed by atoms with Crippen LogP contribution in [0.15, 0.2) is 54.4 Å². The van der Waals surface area contributed by atoms with Crippen LogP contribution in [0, 0.1) is 35.5 Å². The molecular formula is C40H56NO10+. The van der Waals surface area contributed by atoms with Gasteiger partial charge < -0.3 is 33.2 Å². The van der Waals surface area contributed by atoms with Gasteiger partial charge >= 0.3 is 11.9 Å². The summed E-state index contributed by atoms with van der Waals surface area (Å²) in [7, 11) is 4.92. The number of ether oxygens (including phenoxy) is 7. The molecule has 0 amide bonds. The summed E-state index contributed by atoms with van der Waals surface area (Å²) in [5, 5.41) is 0. The van der Waals surface area contributed by atoms with Crippen molar-refractivity contribution >= 4 is 17.7 Å². The lowest BCUT2D eigenvalue weighted by molar-refractivity contribution is -0.686. The first-order valence-electron chi connectivity index (χ1n) is 18.8. The highest BCUT2D eigenvalue weighted by Crippen LogP contribution is 2.54. The largest absolute Gasteiger partial charge is 0.462 e. The summed E-state index contributed by atoms with van der Waals surface area (Å²) in [4.78, 5) is 41.0. The van der Waals surface area contributed by atoms with Crippen molar-refractivity contribution < 1.29 is 52.1 Å². The van der Waals surface area contributed by atoms with E-state index in [0.29, 0.717) is 31.3 Å². The monoisotopic (exact) mass is 710 g/mol. The molecule has 3 aliphatic carbocycles. The van der Waals surface area contributed by atoms with Crippen LogP contribution in [0.4, 0.5) is 0 Å². The second kappa shape index (κ2) is 16.8. The van der Waals surface area contributed by atoms with E-state index in [1.807, 2.05) is 51.4 Å². The van der Waals surface area contributed by atoms with Crippen molar-refractivity contribution in [3.05, 3.63) is 54.4 Å². The van der Waals surface area contributed by atoms with Gasteiger partial charge in [-0.3, -0.25) is 9.59 Å². The van der Waals surface area contributed by atoms with E-state index in [9.17, 15) is 14.4 Å². The second-order valence-corrected chi connectivity index (χ2v) is 15.0. The van der Waals surface area contributed by atoms with E-state index in [2.05, 4.69) is 18.2 Å². The Bertz CT molecular complexity index is 1430. The van der Waals surface area contributed by atoms with Crippen LogP contribution < -0.4 is 4.57 Å². The zero-order valence-corrected chi connectivity index (χ0v) is 30.9. The fourth-order valence-corrected chi connectivity index (χ4v) is 9.36. The third-order valence-electron chi connectivity index (χ3n) is 12.0. The van der Waals surface area contributed by atoms with E-state index in [-0.39, 0.29) is 90.8 Å². The molecule has 11 heteroatoms. The average molecular weight is 711 g/mol. The number of carbonyl (C=O) groups excluding carboxylic acids is 3. The Morgan fingerprint density at radius 2 is 1.67 bits per heavy atom. The van der Waals surface area contributed by atoms with E-state index in [0.717, 1.165) is 12.8 Å². The molecule has 0 unspecified atom stereocenters. The maximum Gasteiger partial charge on any atom is 0.372 e. The number of Topliss-reactive ketones (excluding diaryl/α,β-unsaturated/α-hetero) is 1. The fourth-order valence-electron chi connectivity index (χ4n) is 9.36. The van der Waals surface area contributed by atoms with Gasteiger partial charge in [-0.25, -0.2) is 4.79 Å². The van der Waals surface area contributed by atoms with Crippen LogP contribution in [0.3, 0.4) is 0 Å². The molecule has 2 saturated heterocycles. The van der Waals surface area contributed by atoms with Crippen LogP contribution in [-0.2, 0) is 54.1 Å². The maximum absolute atomic E-state index is 14.5. The molecule has 6 rings (SSSR count). The smallest absolute Gasteiger partial charge is 0.372 e. The van der Waals surface area contributed by atoms with Gasteiger partial charge in [0.25, 0.3) is 0 Å². The van der Waals surface area contributed by atoms with Gasteiger partial charge in [-0.1, -0.05) is 38.1 Å². The van der Waals surface area contributed by atoms with Gasteiger partial charge in [0, 0.05) is 39.4 Å². The van der Waals surface area contributed by atoms with Gasteiger partial charge in [0.15, 0.2) is 24.5 Å². The van der Waals surface area contributed by atoms with Crippen molar-refractivity contribution in [2.24, 2.45) is 35.5 Å². The quantitative estimate of drug-likeness (QED) is 0.205. The average Bonchev–Trinajstić information content (AvgIpc) is 3.70. The highest BCUT2D eigenvalue weighted by atomic mass is 16.7. The molecule has 1 aromatic heterocycles. The molecule has 2 aliphatic heterocycles. The molecular weight excluding hydrogens is 654 g/mol. The van der Waals surface area contributed by atoms with Crippen molar-refractivity contribution in [3.8, 4) is 0 Å². The van der Waals surface area contributed by atoms with Gasteiger partial charge in [-0.15, -0.1) is 0 Å². The minimum absolute atomic E-state index is 0.0137. The third kappa shape index (κ3) is 8.18. The minimum Gasteiger partial charge on any atom is -0.462 e. The summed E-state index contributed by atoms with van der Waals surface area (Å²) in [6, 6.07) is 5.61. The lowest BCUT2D eigenvalue weighted by Crippen LogP contribution is -2.59. The number of nitrogens with zero attached hydrogens (tertiary/aromatic N) is 1. The number of allylic oxidation sites excluding steroid dienone is 4. The molecule has 3 heterocycles. The third-order valence-corrected chi connectivity index (χ3v) is 12.0. The van der Waals surface area contributed by atoms with Crippen molar-refractivity contribution in [1.82, 2.24) is 0 Å². The van der Waals surface area contributed by atoms with Crippen molar-refractivity contribution in [2.45, 2.75) is 121 Å². The highest BCUT2D eigenvalue weighted by Gasteiger charge is 2.52. The number of fused-ring (bicyclic) bond motifs is 5. The summed E-state index contributed by atoms with van der Waals surface area (Å²) < 4.78 is 44.1. The number of esters is 2. The van der Waals surface area contributed by atoms with Crippen molar-refractivity contribution in [3.63, 3.8) is 0 Å². The van der Waals surface area contributed by atoms with Crippen molar-refractivity contribution in [2.75, 3.05) is 21.3 Å². The predicted molar refractivity (Wildman–Crippen MR) is 185 cm³/mol. The Morgan fingerprint density at radius 1 is 0.922 bits per heavy atom. The van der Waals surface area contributed by atoms with E-state index < -0.39 is 24.4 Å². The maximum atomic E-state index is 14.5. The number of carbonyl (C=O) groups is 3. The molecule has 14 atom stereocenters. The number of pyridine rings is 1. The van der Waals surface area contributed by atoms with Crippen LogP contribution in [-0.4, -0.2) is 88.1 Å². The minimum atomic E-state index is -0.619.